The van der Waals surface area contributed by atoms with E-state index in [-0.39, 0.29) is 15.5 Å². The highest BCUT2D eigenvalue weighted by atomic mass is 35.5. The first-order valence-corrected chi connectivity index (χ1v) is 8.72. The van der Waals surface area contributed by atoms with E-state index in [1.54, 1.807) is 18.3 Å². The van der Waals surface area contributed by atoms with E-state index in [1.807, 2.05) is 0 Å². The Hall–Kier alpha value is -2.45. The number of carbonyl (C=O) groups excluding carboxylic acids is 1. The van der Waals surface area contributed by atoms with Gasteiger partial charge in [0, 0.05) is 12.5 Å². The number of benzene rings is 1. The number of aromatic nitrogens is 3. The molecule has 3 aromatic rings. The third-order valence-electron chi connectivity index (χ3n) is 3.17. The minimum atomic E-state index is -3.39. The van der Waals surface area contributed by atoms with Gasteiger partial charge >= 0.3 is 0 Å². The highest BCUT2D eigenvalue weighted by molar-refractivity contribution is 7.90. The van der Waals surface area contributed by atoms with Crippen LogP contribution in [0.15, 0.2) is 47.8 Å². The third-order valence-corrected chi connectivity index (χ3v) is 4.59. The molecular weight excluding hydrogens is 340 g/mol. The van der Waals surface area contributed by atoms with Crippen molar-refractivity contribution in [2.45, 2.75) is 4.90 Å². The predicted molar refractivity (Wildman–Crippen MR) is 85.5 cm³/mol. The van der Waals surface area contributed by atoms with Gasteiger partial charge < -0.3 is 5.32 Å². The van der Waals surface area contributed by atoms with E-state index in [9.17, 15) is 13.2 Å². The van der Waals surface area contributed by atoms with Gasteiger partial charge in [-0.15, -0.1) is 0 Å². The summed E-state index contributed by atoms with van der Waals surface area (Å²) in [5.74, 6) is -0.467. The van der Waals surface area contributed by atoms with E-state index >= 15 is 0 Å². The summed E-state index contributed by atoms with van der Waals surface area (Å²) in [7, 11) is -3.39. The molecule has 118 valence electrons. The van der Waals surface area contributed by atoms with Gasteiger partial charge in [0.15, 0.2) is 15.5 Å². The Balaban J connectivity index is 1.94. The van der Waals surface area contributed by atoms with Crippen molar-refractivity contribution in [3.05, 3.63) is 53.4 Å². The maximum atomic E-state index is 12.4. The van der Waals surface area contributed by atoms with Gasteiger partial charge in [-0.2, -0.15) is 5.10 Å². The SMILES string of the molecule is CS(=O)(=O)c1ccc(C(=O)Nc2cccn3ncnc23)c(Cl)c1. The largest absolute Gasteiger partial charge is 0.319 e. The molecule has 7 nitrogen and oxygen atoms in total. The smallest absolute Gasteiger partial charge is 0.257 e. The van der Waals surface area contributed by atoms with Crippen LogP contribution in [0, 0.1) is 0 Å². The zero-order chi connectivity index (χ0) is 16.6. The first-order valence-electron chi connectivity index (χ1n) is 6.45. The number of carbonyl (C=O) groups is 1. The lowest BCUT2D eigenvalue weighted by Gasteiger charge is -2.08. The van der Waals surface area contributed by atoms with Crippen LogP contribution in [-0.2, 0) is 9.84 Å². The van der Waals surface area contributed by atoms with Crippen LogP contribution < -0.4 is 5.32 Å². The number of pyridine rings is 1. The summed E-state index contributed by atoms with van der Waals surface area (Å²) in [6, 6.07) is 7.36. The molecule has 0 atom stereocenters. The van der Waals surface area contributed by atoms with Gasteiger partial charge in [0.2, 0.25) is 0 Å². The molecule has 0 radical (unpaired) electrons. The van der Waals surface area contributed by atoms with Crippen molar-refractivity contribution < 1.29 is 13.2 Å². The van der Waals surface area contributed by atoms with Crippen LogP contribution in [0.1, 0.15) is 10.4 Å². The van der Waals surface area contributed by atoms with E-state index in [0.29, 0.717) is 11.3 Å². The Morgan fingerprint density at radius 3 is 2.78 bits per heavy atom. The number of hydrogen-bond donors (Lipinski definition) is 1. The fourth-order valence-corrected chi connectivity index (χ4v) is 3.02. The average molecular weight is 351 g/mol. The van der Waals surface area contributed by atoms with E-state index < -0.39 is 15.7 Å². The summed E-state index contributed by atoms with van der Waals surface area (Å²) in [6.45, 7) is 0. The van der Waals surface area contributed by atoms with Crippen LogP contribution in [0.5, 0.6) is 0 Å². The second-order valence-corrected chi connectivity index (χ2v) is 7.24. The molecule has 1 aromatic carbocycles. The van der Waals surface area contributed by atoms with E-state index in [2.05, 4.69) is 15.4 Å². The van der Waals surface area contributed by atoms with Crippen molar-refractivity contribution in [3.63, 3.8) is 0 Å². The van der Waals surface area contributed by atoms with Crippen LogP contribution in [0.3, 0.4) is 0 Å². The minimum absolute atomic E-state index is 0.0543. The van der Waals surface area contributed by atoms with Crippen molar-refractivity contribution >= 4 is 38.7 Å². The number of sulfone groups is 1. The fraction of sp³-hybridized carbons (Fsp3) is 0.0714. The number of amides is 1. The third kappa shape index (κ3) is 3.03. The lowest BCUT2D eigenvalue weighted by Crippen LogP contribution is -2.14. The summed E-state index contributed by atoms with van der Waals surface area (Å²) in [5, 5.41) is 6.72. The van der Waals surface area contributed by atoms with E-state index in [1.165, 1.54) is 29.0 Å². The van der Waals surface area contributed by atoms with Crippen molar-refractivity contribution in [2.24, 2.45) is 0 Å². The molecule has 2 aromatic heterocycles. The molecule has 9 heteroatoms. The van der Waals surface area contributed by atoms with Crippen LogP contribution in [0.25, 0.3) is 5.65 Å². The molecule has 1 amide bonds. The Morgan fingerprint density at radius 1 is 1.30 bits per heavy atom. The highest BCUT2D eigenvalue weighted by Crippen LogP contribution is 2.23. The zero-order valence-corrected chi connectivity index (χ0v) is 13.5. The lowest BCUT2D eigenvalue weighted by molar-refractivity contribution is 0.102. The number of fused-ring (bicyclic) bond motifs is 1. The Labute approximate surface area is 136 Å². The Kier molecular flexibility index (Phi) is 3.78. The number of nitrogens with zero attached hydrogens (tertiary/aromatic N) is 3. The molecule has 2 heterocycles. The number of nitrogens with one attached hydrogen (secondary N) is 1. The molecule has 0 bridgehead atoms. The first kappa shape index (κ1) is 15.4. The van der Waals surface area contributed by atoms with Crippen LogP contribution >= 0.6 is 11.6 Å². The molecule has 0 fully saturated rings. The average Bonchev–Trinajstić information content (AvgIpc) is 2.95. The molecule has 0 unspecified atom stereocenters. The Morgan fingerprint density at radius 2 is 2.09 bits per heavy atom. The molecule has 0 saturated carbocycles. The van der Waals surface area contributed by atoms with E-state index in [4.69, 9.17) is 11.6 Å². The van der Waals surface area contributed by atoms with Crippen molar-refractivity contribution in [3.8, 4) is 0 Å². The Bertz CT molecular complexity index is 1010. The minimum Gasteiger partial charge on any atom is -0.319 e. The monoisotopic (exact) mass is 350 g/mol. The molecule has 0 aliphatic heterocycles. The predicted octanol–water partition coefficient (Wildman–Crippen LogP) is 2.04. The summed E-state index contributed by atoms with van der Waals surface area (Å²) < 4.78 is 24.5. The molecule has 23 heavy (non-hydrogen) atoms. The number of rotatable bonds is 3. The lowest BCUT2D eigenvalue weighted by atomic mass is 10.2. The second kappa shape index (κ2) is 5.64. The van der Waals surface area contributed by atoms with Gasteiger partial charge in [0.05, 0.1) is 21.2 Å². The molecule has 3 rings (SSSR count). The molecule has 0 saturated heterocycles. The summed E-state index contributed by atoms with van der Waals surface area (Å²) >= 11 is 6.04. The molecule has 0 aliphatic carbocycles. The number of halogens is 1. The molecule has 0 aliphatic rings. The van der Waals surface area contributed by atoms with Gasteiger partial charge in [-0.25, -0.2) is 17.9 Å². The van der Waals surface area contributed by atoms with Gasteiger partial charge in [-0.1, -0.05) is 11.6 Å². The van der Waals surface area contributed by atoms with E-state index in [0.717, 1.165) is 6.26 Å². The van der Waals surface area contributed by atoms with Gasteiger partial charge in [-0.3, -0.25) is 4.79 Å². The molecular formula is C14H11ClN4O3S. The second-order valence-electron chi connectivity index (χ2n) is 4.82. The summed E-state index contributed by atoms with van der Waals surface area (Å²) in [5.41, 5.74) is 1.13. The standard InChI is InChI=1S/C14H11ClN4O3S/c1-23(21,22)9-4-5-10(11(15)7-9)14(20)18-12-3-2-6-19-13(12)16-8-17-19/h2-8H,1H3,(H,18,20). The summed E-state index contributed by atoms with van der Waals surface area (Å²) in [6.07, 6.45) is 4.15. The number of anilines is 1. The van der Waals surface area contributed by atoms with Crippen molar-refractivity contribution in [2.75, 3.05) is 11.6 Å². The van der Waals surface area contributed by atoms with Crippen LogP contribution in [-0.4, -0.2) is 35.2 Å². The highest BCUT2D eigenvalue weighted by Gasteiger charge is 2.16. The fourth-order valence-electron chi connectivity index (χ4n) is 2.05. The van der Waals surface area contributed by atoms with Crippen molar-refractivity contribution in [1.29, 1.82) is 0 Å². The van der Waals surface area contributed by atoms with Gasteiger partial charge in [-0.05, 0) is 30.3 Å². The molecule has 0 spiro atoms. The maximum absolute atomic E-state index is 12.4. The summed E-state index contributed by atoms with van der Waals surface area (Å²) in [4.78, 5) is 16.5. The van der Waals surface area contributed by atoms with Gasteiger partial charge in [0.1, 0.15) is 6.33 Å². The van der Waals surface area contributed by atoms with Gasteiger partial charge in [0.25, 0.3) is 5.91 Å². The maximum Gasteiger partial charge on any atom is 0.257 e. The number of hydrogen-bond acceptors (Lipinski definition) is 5. The van der Waals surface area contributed by atoms with Crippen LogP contribution in [0.4, 0.5) is 5.69 Å². The zero-order valence-electron chi connectivity index (χ0n) is 11.9. The topological polar surface area (TPSA) is 93.4 Å². The quantitative estimate of drug-likeness (QED) is 0.780. The first-order chi connectivity index (χ1) is 10.9. The molecule has 1 N–H and O–H groups in total. The van der Waals surface area contributed by atoms with Crippen LogP contribution in [0.2, 0.25) is 5.02 Å². The van der Waals surface area contributed by atoms with Crippen molar-refractivity contribution in [1.82, 2.24) is 14.6 Å². The normalized spacial score (nSPS) is 11.6.